The van der Waals surface area contributed by atoms with E-state index in [2.05, 4.69) is 15.6 Å². The lowest BCUT2D eigenvalue weighted by molar-refractivity contribution is 0.0992. The Labute approximate surface area is 158 Å². The van der Waals surface area contributed by atoms with Crippen LogP contribution in [-0.4, -0.2) is 37.3 Å². The lowest BCUT2D eigenvalue weighted by Gasteiger charge is -2.22. The minimum absolute atomic E-state index is 0. The number of rotatable bonds is 5. The van der Waals surface area contributed by atoms with Crippen LogP contribution in [-0.2, 0) is 11.2 Å². The standard InChI is InChI=1S/C17H23F2N3O.HI/c1-2-20-17(22-15-10-13-4-6-16(15)23-13)21-8-7-11-9-12(18)3-5-14(11)19;/h3,5,9,13,15-16H,2,4,6-8,10H2,1H3,(H2,20,21,22);1H. The summed E-state index contributed by atoms with van der Waals surface area (Å²) >= 11 is 0. The number of ether oxygens (including phenoxy) is 1. The SMILES string of the molecule is CCNC(=NCCc1cc(F)ccc1F)NC1CC2CCC1O2.I. The van der Waals surface area contributed by atoms with Crippen LogP contribution in [0.2, 0.25) is 0 Å². The van der Waals surface area contributed by atoms with Gasteiger partial charge in [-0.1, -0.05) is 0 Å². The summed E-state index contributed by atoms with van der Waals surface area (Å²) in [7, 11) is 0. The van der Waals surface area contributed by atoms with Crippen molar-refractivity contribution in [2.75, 3.05) is 13.1 Å². The second-order valence-electron chi connectivity index (χ2n) is 6.11. The number of halogens is 3. The van der Waals surface area contributed by atoms with E-state index in [1.165, 1.54) is 6.07 Å². The molecule has 2 aliphatic heterocycles. The van der Waals surface area contributed by atoms with Gasteiger partial charge in [-0.05, 0) is 56.4 Å². The Balaban J connectivity index is 0.00000208. The number of fused-ring (bicyclic) bond motifs is 2. The van der Waals surface area contributed by atoms with Crippen molar-refractivity contribution in [1.29, 1.82) is 0 Å². The Morgan fingerprint density at radius 2 is 2.17 bits per heavy atom. The van der Waals surface area contributed by atoms with E-state index in [0.29, 0.717) is 30.6 Å². The first-order chi connectivity index (χ1) is 11.2. The fraction of sp³-hybridized carbons (Fsp3) is 0.588. The quantitative estimate of drug-likeness (QED) is 0.411. The van der Waals surface area contributed by atoms with Gasteiger partial charge < -0.3 is 15.4 Å². The van der Waals surface area contributed by atoms with Gasteiger partial charge in [0, 0.05) is 13.1 Å². The fourth-order valence-electron chi connectivity index (χ4n) is 3.31. The Morgan fingerprint density at radius 3 is 2.83 bits per heavy atom. The molecule has 0 saturated carbocycles. The summed E-state index contributed by atoms with van der Waals surface area (Å²) in [6, 6.07) is 3.81. The van der Waals surface area contributed by atoms with Crippen LogP contribution in [0.15, 0.2) is 23.2 Å². The van der Waals surface area contributed by atoms with E-state index in [9.17, 15) is 8.78 Å². The molecule has 4 nitrogen and oxygen atoms in total. The van der Waals surface area contributed by atoms with Crippen molar-refractivity contribution in [3.8, 4) is 0 Å². The third kappa shape index (κ3) is 4.78. The molecule has 2 saturated heterocycles. The van der Waals surface area contributed by atoms with E-state index in [0.717, 1.165) is 37.9 Å². The Morgan fingerprint density at radius 1 is 1.33 bits per heavy atom. The highest BCUT2D eigenvalue weighted by atomic mass is 127. The summed E-state index contributed by atoms with van der Waals surface area (Å²) in [4.78, 5) is 4.48. The first-order valence-electron chi connectivity index (χ1n) is 8.30. The monoisotopic (exact) mass is 451 g/mol. The smallest absolute Gasteiger partial charge is 0.191 e. The van der Waals surface area contributed by atoms with Crippen LogP contribution in [0.5, 0.6) is 0 Å². The van der Waals surface area contributed by atoms with Crippen LogP contribution < -0.4 is 10.6 Å². The van der Waals surface area contributed by atoms with Crippen LogP contribution in [0.25, 0.3) is 0 Å². The lowest BCUT2D eigenvalue weighted by Crippen LogP contribution is -2.47. The molecule has 24 heavy (non-hydrogen) atoms. The van der Waals surface area contributed by atoms with Crippen LogP contribution in [0.3, 0.4) is 0 Å². The first-order valence-corrected chi connectivity index (χ1v) is 8.30. The van der Waals surface area contributed by atoms with E-state index in [1.807, 2.05) is 6.92 Å². The maximum Gasteiger partial charge on any atom is 0.191 e. The number of nitrogens with zero attached hydrogens (tertiary/aromatic N) is 1. The number of benzene rings is 1. The average Bonchev–Trinajstić information content (AvgIpc) is 3.13. The summed E-state index contributed by atoms with van der Waals surface area (Å²) in [5.41, 5.74) is 0.354. The molecule has 2 heterocycles. The number of nitrogens with one attached hydrogen (secondary N) is 2. The maximum absolute atomic E-state index is 13.6. The highest BCUT2D eigenvalue weighted by molar-refractivity contribution is 14.0. The normalized spacial score (nSPS) is 25.5. The van der Waals surface area contributed by atoms with Crippen molar-refractivity contribution in [1.82, 2.24) is 10.6 Å². The Bertz CT molecular complexity index is 585. The molecule has 3 rings (SSSR count). The van der Waals surface area contributed by atoms with E-state index < -0.39 is 5.82 Å². The van der Waals surface area contributed by atoms with Crippen molar-refractivity contribution in [2.24, 2.45) is 4.99 Å². The van der Waals surface area contributed by atoms with Gasteiger partial charge in [0.1, 0.15) is 11.6 Å². The van der Waals surface area contributed by atoms with Crippen molar-refractivity contribution >= 4 is 29.9 Å². The zero-order valence-electron chi connectivity index (χ0n) is 13.7. The summed E-state index contributed by atoms with van der Waals surface area (Å²) in [5.74, 6) is -0.0962. The van der Waals surface area contributed by atoms with Gasteiger partial charge in [-0.2, -0.15) is 0 Å². The van der Waals surface area contributed by atoms with Gasteiger partial charge in [0.15, 0.2) is 5.96 Å². The number of aliphatic imine (C=N–C) groups is 1. The molecule has 2 bridgehead atoms. The number of hydrogen-bond donors (Lipinski definition) is 2. The van der Waals surface area contributed by atoms with Gasteiger partial charge in [-0.25, -0.2) is 8.78 Å². The second kappa shape index (κ2) is 8.94. The second-order valence-corrected chi connectivity index (χ2v) is 6.11. The van der Waals surface area contributed by atoms with Gasteiger partial charge in [-0.15, -0.1) is 24.0 Å². The molecule has 2 N–H and O–H groups in total. The summed E-state index contributed by atoms with van der Waals surface area (Å²) in [6.45, 7) is 3.15. The van der Waals surface area contributed by atoms with Gasteiger partial charge >= 0.3 is 0 Å². The molecule has 3 atom stereocenters. The van der Waals surface area contributed by atoms with Crippen molar-refractivity contribution in [3.63, 3.8) is 0 Å². The highest BCUT2D eigenvalue weighted by Crippen LogP contribution is 2.34. The van der Waals surface area contributed by atoms with Crippen LogP contribution in [0.4, 0.5) is 8.78 Å². The van der Waals surface area contributed by atoms with Crippen molar-refractivity contribution in [3.05, 3.63) is 35.4 Å². The molecule has 3 unspecified atom stereocenters. The minimum Gasteiger partial charge on any atom is -0.373 e. The molecule has 1 aromatic rings. The van der Waals surface area contributed by atoms with E-state index in [1.54, 1.807) is 0 Å². The zero-order valence-corrected chi connectivity index (χ0v) is 16.1. The molecule has 134 valence electrons. The summed E-state index contributed by atoms with van der Waals surface area (Å²) < 4.78 is 32.6. The number of hydrogen-bond acceptors (Lipinski definition) is 2. The Kier molecular flexibility index (Phi) is 7.21. The Hall–Kier alpha value is -0.960. The van der Waals surface area contributed by atoms with Crippen LogP contribution in [0.1, 0.15) is 31.7 Å². The third-order valence-corrected chi connectivity index (χ3v) is 4.43. The van der Waals surface area contributed by atoms with E-state index in [-0.39, 0.29) is 41.9 Å². The van der Waals surface area contributed by atoms with Gasteiger partial charge in [0.05, 0.1) is 18.2 Å². The largest absolute Gasteiger partial charge is 0.373 e. The molecule has 0 radical (unpaired) electrons. The average molecular weight is 451 g/mol. The summed E-state index contributed by atoms with van der Waals surface area (Å²) in [5, 5.41) is 6.60. The molecular formula is C17H24F2IN3O. The third-order valence-electron chi connectivity index (χ3n) is 4.43. The molecular weight excluding hydrogens is 427 g/mol. The number of guanidine groups is 1. The molecule has 2 aliphatic rings. The maximum atomic E-state index is 13.6. The molecule has 0 aromatic heterocycles. The fourth-order valence-corrected chi connectivity index (χ4v) is 3.31. The molecule has 1 aromatic carbocycles. The predicted molar refractivity (Wildman–Crippen MR) is 101 cm³/mol. The lowest BCUT2D eigenvalue weighted by atomic mass is 9.96. The highest BCUT2D eigenvalue weighted by Gasteiger charge is 2.41. The van der Waals surface area contributed by atoms with Crippen molar-refractivity contribution < 1.29 is 13.5 Å². The van der Waals surface area contributed by atoms with E-state index >= 15 is 0 Å². The molecule has 0 amide bonds. The van der Waals surface area contributed by atoms with Crippen molar-refractivity contribution in [2.45, 2.75) is 50.9 Å². The zero-order chi connectivity index (χ0) is 16.2. The molecule has 2 fully saturated rings. The molecule has 0 aliphatic carbocycles. The molecule has 7 heteroatoms. The van der Waals surface area contributed by atoms with Crippen LogP contribution >= 0.6 is 24.0 Å². The molecule has 0 spiro atoms. The van der Waals surface area contributed by atoms with Crippen LogP contribution in [0, 0.1) is 11.6 Å². The van der Waals surface area contributed by atoms with E-state index in [4.69, 9.17) is 4.74 Å². The predicted octanol–water partition coefficient (Wildman–Crippen LogP) is 3.00. The van der Waals surface area contributed by atoms with Gasteiger partial charge in [-0.3, -0.25) is 4.99 Å². The minimum atomic E-state index is -0.422. The first kappa shape index (κ1) is 19.4. The van der Waals surface area contributed by atoms with Gasteiger partial charge in [0.25, 0.3) is 0 Å². The summed E-state index contributed by atoms with van der Waals surface area (Å²) in [6.07, 6.45) is 4.26. The van der Waals surface area contributed by atoms with Gasteiger partial charge in [0.2, 0.25) is 0 Å². The topological polar surface area (TPSA) is 45.7 Å².